The van der Waals surface area contributed by atoms with Crippen molar-refractivity contribution in [3.63, 3.8) is 0 Å². The third kappa shape index (κ3) is 4.33. The van der Waals surface area contributed by atoms with Gasteiger partial charge in [-0.2, -0.15) is 11.8 Å². The summed E-state index contributed by atoms with van der Waals surface area (Å²) < 4.78 is 5.77. The number of nitrogens with one attached hydrogen (secondary N) is 2. The van der Waals surface area contributed by atoms with E-state index in [1.807, 2.05) is 18.8 Å². The van der Waals surface area contributed by atoms with Crippen LogP contribution in [-0.4, -0.2) is 43.8 Å². The number of nitrogens with zero attached hydrogens (tertiary/aromatic N) is 1. The number of benzene rings is 2. The van der Waals surface area contributed by atoms with Crippen molar-refractivity contribution >= 4 is 28.5 Å². The van der Waals surface area contributed by atoms with Gasteiger partial charge in [0.05, 0.1) is 6.04 Å². The fourth-order valence-corrected chi connectivity index (χ4v) is 4.34. The molecule has 0 amide bonds. The number of guanidine groups is 1. The van der Waals surface area contributed by atoms with E-state index in [0.29, 0.717) is 0 Å². The summed E-state index contributed by atoms with van der Waals surface area (Å²) in [4.78, 5) is 4.44. The molecule has 26 heavy (non-hydrogen) atoms. The Labute approximate surface area is 160 Å². The van der Waals surface area contributed by atoms with Crippen LogP contribution in [0.5, 0.6) is 0 Å². The molecule has 1 aliphatic rings. The van der Waals surface area contributed by atoms with Gasteiger partial charge in [-0.1, -0.05) is 42.5 Å². The molecule has 4 nitrogen and oxygen atoms in total. The van der Waals surface area contributed by atoms with Gasteiger partial charge in [-0.15, -0.1) is 0 Å². The molecule has 1 aliphatic heterocycles. The summed E-state index contributed by atoms with van der Waals surface area (Å²) in [7, 11) is 1.83. The Morgan fingerprint density at radius 1 is 1.19 bits per heavy atom. The first-order valence-corrected chi connectivity index (χ1v) is 10.5. The molecule has 140 valence electrons. The summed E-state index contributed by atoms with van der Waals surface area (Å²) in [6, 6.07) is 15.2. The van der Waals surface area contributed by atoms with Gasteiger partial charge < -0.3 is 15.4 Å². The number of hydrogen-bond donors (Lipinski definition) is 2. The number of hydrogen-bond acceptors (Lipinski definition) is 3. The van der Waals surface area contributed by atoms with Crippen LogP contribution in [0.25, 0.3) is 10.8 Å². The second kappa shape index (κ2) is 8.78. The summed E-state index contributed by atoms with van der Waals surface area (Å²) in [6.45, 7) is 4.79. The molecule has 2 aromatic rings. The van der Waals surface area contributed by atoms with E-state index in [0.717, 1.165) is 38.6 Å². The van der Waals surface area contributed by atoms with Crippen LogP contribution in [0.15, 0.2) is 47.5 Å². The molecule has 1 saturated heterocycles. The molecular weight excluding hydrogens is 342 g/mol. The van der Waals surface area contributed by atoms with Gasteiger partial charge >= 0.3 is 0 Å². The number of ether oxygens (including phenoxy) is 1. The van der Waals surface area contributed by atoms with Gasteiger partial charge in [-0.05, 0) is 42.4 Å². The van der Waals surface area contributed by atoms with Gasteiger partial charge in [0.25, 0.3) is 0 Å². The van der Waals surface area contributed by atoms with E-state index in [-0.39, 0.29) is 10.8 Å². The minimum atomic E-state index is 0.173. The first-order valence-electron chi connectivity index (χ1n) is 9.25. The van der Waals surface area contributed by atoms with Gasteiger partial charge in [0.2, 0.25) is 0 Å². The molecule has 0 radical (unpaired) electrons. The Hall–Kier alpha value is -1.72. The zero-order valence-corrected chi connectivity index (χ0v) is 16.7. The van der Waals surface area contributed by atoms with Gasteiger partial charge in [0.1, 0.15) is 0 Å². The summed E-state index contributed by atoms with van der Waals surface area (Å²) in [6.07, 6.45) is 4.36. The van der Waals surface area contributed by atoms with E-state index in [4.69, 9.17) is 4.74 Å². The molecule has 0 spiro atoms. The predicted molar refractivity (Wildman–Crippen MR) is 113 cm³/mol. The standard InChI is InChI=1S/C21H29N3OS/c1-16(18-10-6-8-17-7-4-5-9-19(17)18)24-20(22-2)23-15-21(26-3)11-13-25-14-12-21/h4-10,16H,11-15H2,1-3H3,(H2,22,23,24). The summed E-state index contributed by atoms with van der Waals surface area (Å²) in [5.41, 5.74) is 1.29. The average Bonchev–Trinajstić information content (AvgIpc) is 2.71. The van der Waals surface area contributed by atoms with E-state index in [2.05, 4.69) is 71.3 Å². The van der Waals surface area contributed by atoms with E-state index in [1.54, 1.807) is 0 Å². The van der Waals surface area contributed by atoms with Crippen molar-refractivity contribution in [1.29, 1.82) is 0 Å². The number of fused-ring (bicyclic) bond motifs is 1. The maximum absolute atomic E-state index is 5.54. The van der Waals surface area contributed by atoms with Crippen molar-refractivity contribution in [2.24, 2.45) is 4.99 Å². The highest BCUT2D eigenvalue weighted by Crippen LogP contribution is 2.33. The lowest BCUT2D eigenvalue weighted by molar-refractivity contribution is 0.0782. The van der Waals surface area contributed by atoms with Crippen LogP contribution in [0, 0.1) is 0 Å². The van der Waals surface area contributed by atoms with Gasteiger partial charge in [0.15, 0.2) is 5.96 Å². The molecule has 2 aromatic carbocycles. The van der Waals surface area contributed by atoms with Crippen molar-refractivity contribution in [2.75, 3.05) is 33.1 Å². The minimum absolute atomic E-state index is 0.173. The van der Waals surface area contributed by atoms with Crippen LogP contribution in [0.2, 0.25) is 0 Å². The monoisotopic (exact) mass is 371 g/mol. The largest absolute Gasteiger partial charge is 0.381 e. The second-order valence-corrected chi connectivity index (χ2v) is 8.13. The smallest absolute Gasteiger partial charge is 0.191 e. The van der Waals surface area contributed by atoms with Crippen LogP contribution in [0.3, 0.4) is 0 Å². The van der Waals surface area contributed by atoms with Crippen molar-refractivity contribution < 1.29 is 4.74 Å². The highest BCUT2D eigenvalue weighted by atomic mass is 32.2. The lowest BCUT2D eigenvalue weighted by Gasteiger charge is -2.36. The quantitative estimate of drug-likeness (QED) is 0.616. The summed E-state index contributed by atoms with van der Waals surface area (Å²) >= 11 is 1.94. The molecule has 0 aliphatic carbocycles. The molecule has 5 heteroatoms. The molecule has 0 aromatic heterocycles. The fourth-order valence-electron chi connectivity index (χ4n) is 3.55. The topological polar surface area (TPSA) is 45.7 Å². The van der Waals surface area contributed by atoms with Crippen LogP contribution in [0.1, 0.15) is 31.4 Å². The summed E-state index contributed by atoms with van der Waals surface area (Å²) in [5.74, 6) is 0.852. The van der Waals surface area contributed by atoms with Crippen LogP contribution >= 0.6 is 11.8 Å². The van der Waals surface area contributed by atoms with Crippen molar-refractivity contribution in [2.45, 2.75) is 30.6 Å². The SMILES string of the molecule is CN=C(NCC1(SC)CCOCC1)NC(C)c1cccc2ccccc12. The first kappa shape index (κ1) is 19.1. The molecule has 3 rings (SSSR count). The van der Waals surface area contributed by atoms with Crippen LogP contribution < -0.4 is 10.6 Å². The van der Waals surface area contributed by atoms with Gasteiger partial charge in [-0.25, -0.2) is 0 Å². The average molecular weight is 372 g/mol. The Balaban J connectivity index is 1.67. The first-order chi connectivity index (χ1) is 12.7. The Morgan fingerprint density at radius 3 is 2.65 bits per heavy atom. The maximum atomic E-state index is 5.54. The summed E-state index contributed by atoms with van der Waals surface area (Å²) in [5, 5.41) is 9.65. The fraction of sp³-hybridized carbons (Fsp3) is 0.476. The maximum Gasteiger partial charge on any atom is 0.191 e. The molecule has 0 bridgehead atoms. The predicted octanol–water partition coefficient (Wildman–Crippen LogP) is 3.98. The number of thioether (sulfide) groups is 1. The second-order valence-electron chi connectivity index (χ2n) is 6.86. The molecule has 0 saturated carbocycles. The highest BCUT2D eigenvalue weighted by Gasteiger charge is 2.31. The Morgan fingerprint density at radius 2 is 1.92 bits per heavy atom. The Kier molecular flexibility index (Phi) is 6.43. The molecule has 1 heterocycles. The normalized spacial score (nSPS) is 18.5. The zero-order chi connectivity index (χ0) is 18.4. The van der Waals surface area contributed by atoms with Gasteiger partial charge in [-0.3, -0.25) is 4.99 Å². The minimum Gasteiger partial charge on any atom is -0.381 e. The van der Waals surface area contributed by atoms with E-state index >= 15 is 0 Å². The lowest BCUT2D eigenvalue weighted by atomic mass is 9.99. The van der Waals surface area contributed by atoms with Crippen molar-refractivity contribution in [1.82, 2.24) is 10.6 Å². The lowest BCUT2D eigenvalue weighted by Crippen LogP contribution is -2.48. The number of aliphatic imine (C=N–C) groups is 1. The van der Waals surface area contributed by atoms with Crippen molar-refractivity contribution in [3.8, 4) is 0 Å². The van der Waals surface area contributed by atoms with E-state index in [9.17, 15) is 0 Å². The zero-order valence-electron chi connectivity index (χ0n) is 15.9. The van der Waals surface area contributed by atoms with Crippen molar-refractivity contribution in [3.05, 3.63) is 48.0 Å². The van der Waals surface area contributed by atoms with E-state index in [1.165, 1.54) is 16.3 Å². The third-order valence-electron chi connectivity index (χ3n) is 5.28. The Bertz CT molecular complexity index is 751. The molecule has 1 atom stereocenters. The number of rotatable bonds is 5. The van der Waals surface area contributed by atoms with Crippen LogP contribution in [0.4, 0.5) is 0 Å². The molecular formula is C21H29N3OS. The van der Waals surface area contributed by atoms with Crippen LogP contribution in [-0.2, 0) is 4.74 Å². The molecule has 2 N–H and O–H groups in total. The molecule has 1 fully saturated rings. The van der Waals surface area contributed by atoms with E-state index < -0.39 is 0 Å². The van der Waals surface area contributed by atoms with Gasteiger partial charge in [0, 0.05) is 31.6 Å². The third-order valence-corrected chi connectivity index (χ3v) is 6.70. The highest BCUT2D eigenvalue weighted by molar-refractivity contribution is 8.00. The molecule has 1 unspecified atom stereocenters.